The summed E-state index contributed by atoms with van der Waals surface area (Å²) in [7, 11) is 0. The molecular weight excluding hydrogens is 190 g/mol. The zero-order valence-electron chi connectivity index (χ0n) is 8.62. The second-order valence-corrected chi connectivity index (χ2v) is 3.91. The maximum Gasteiger partial charge on any atom is 0.167 e. The molecule has 0 radical (unpaired) electrons. The summed E-state index contributed by atoms with van der Waals surface area (Å²) < 4.78 is 0. The summed E-state index contributed by atoms with van der Waals surface area (Å²) in [6.07, 6.45) is 3.25. The second-order valence-electron chi connectivity index (χ2n) is 3.91. The van der Waals surface area contributed by atoms with Crippen LogP contribution in [0.15, 0.2) is 12.1 Å². The molecule has 1 aromatic rings. The van der Waals surface area contributed by atoms with Crippen LogP contribution in [0.1, 0.15) is 34.3 Å². The number of rotatable bonds is 3. The van der Waals surface area contributed by atoms with E-state index in [-0.39, 0.29) is 11.5 Å². The third kappa shape index (κ3) is 1.75. The van der Waals surface area contributed by atoms with Crippen molar-refractivity contribution >= 4 is 5.78 Å². The Labute approximate surface area is 88.9 Å². The number of aromatic hydroxyl groups is 1. The topological polar surface area (TPSA) is 63.3 Å². The van der Waals surface area contributed by atoms with Gasteiger partial charge in [-0.15, -0.1) is 0 Å². The number of carbonyl (C=O) groups excluding carboxylic acids is 1. The van der Waals surface area contributed by atoms with Crippen LogP contribution in [0.2, 0.25) is 0 Å². The van der Waals surface area contributed by atoms with Gasteiger partial charge in [0.25, 0.3) is 0 Å². The van der Waals surface area contributed by atoms with E-state index in [0.29, 0.717) is 18.5 Å². The Hall–Kier alpha value is -1.35. The lowest BCUT2D eigenvalue weighted by Gasteiger charge is -2.07. The normalized spacial score (nSPS) is 13.9. The van der Waals surface area contributed by atoms with Gasteiger partial charge >= 0.3 is 0 Å². The van der Waals surface area contributed by atoms with Gasteiger partial charge in [0.15, 0.2) is 5.78 Å². The van der Waals surface area contributed by atoms with Crippen molar-refractivity contribution in [3.05, 3.63) is 28.8 Å². The second kappa shape index (κ2) is 4.03. The van der Waals surface area contributed by atoms with E-state index >= 15 is 0 Å². The highest BCUT2D eigenvalue weighted by Crippen LogP contribution is 2.33. The fourth-order valence-electron chi connectivity index (χ4n) is 2.14. The molecule has 80 valence electrons. The average molecular weight is 205 g/mol. The quantitative estimate of drug-likeness (QED) is 0.733. The number of hydrogen-bond acceptors (Lipinski definition) is 3. The molecule has 1 aliphatic rings. The van der Waals surface area contributed by atoms with Crippen LogP contribution < -0.4 is 5.73 Å². The molecule has 0 saturated heterocycles. The first kappa shape index (κ1) is 10.2. The van der Waals surface area contributed by atoms with Gasteiger partial charge in [0, 0.05) is 6.42 Å². The van der Waals surface area contributed by atoms with Crippen LogP contribution in [0.25, 0.3) is 0 Å². The Morgan fingerprint density at radius 3 is 2.93 bits per heavy atom. The summed E-state index contributed by atoms with van der Waals surface area (Å²) in [5.41, 5.74) is 7.89. The number of aryl methyl sites for hydroxylation is 1. The number of Topliss-reactive ketones (excluding diaryl/α,β-unsaturated/α-hetero) is 1. The molecule has 15 heavy (non-hydrogen) atoms. The first-order valence-electron chi connectivity index (χ1n) is 5.31. The van der Waals surface area contributed by atoms with Gasteiger partial charge < -0.3 is 10.8 Å². The third-order valence-electron chi connectivity index (χ3n) is 2.92. The van der Waals surface area contributed by atoms with Crippen LogP contribution in [0.3, 0.4) is 0 Å². The van der Waals surface area contributed by atoms with Crippen LogP contribution in [0, 0.1) is 0 Å². The van der Waals surface area contributed by atoms with Crippen LogP contribution in [0.4, 0.5) is 0 Å². The average Bonchev–Trinajstić information content (AvgIpc) is 2.67. The van der Waals surface area contributed by atoms with Crippen molar-refractivity contribution in [2.45, 2.75) is 25.7 Å². The fourth-order valence-corrected chi connectivity index (χ4v) is 2.14. The Kier molecular flexibility index (Phi) is 2.73. The van der Waals surface area contributed by atoms with Gasteiger partial charge in [0.2, 0.25) is 0 Å². The van der Waals surface area contributed by atoms with E-state index in [1.165, 1.54) is 5.56 Å². The molecule has 0 bridgehead atoms. The molecule has 0 atom stereocenters. The summed E-state index contributed by atoms with van der Waals surface area (Å²) in [5.74, 6) is 0.119. The highest BCUT2D eigenvalue weighted by Gasteiger charge is 2.20. The van der Waals surface area contributed by atoms with Crippen LogP contribution in [-0.2, 0) is 12.8 Å². The maximum absolute atomic E-state index is 11.6. The van der Waals surface area contributed by atoms with Gasteiger partial charge in [-0.25, -0.2) is 0 Å². The Balaban J connectivity index is 2.38. The molecule has 3 heteroatoms. The summed E-state index contributed by atoms with van der Waals surface area (Å²) in [6.45, 7) is 0.329. The first-order valence-corrected chi connectivity index (χ1v) is 5.31. The summed E-state index contributed by atoms with van der Waals surface area (Å²) in [4.78, 5) is 11.6. The minimum absolute atomic E-state index is 0.0651. The van der Waals surface area contributed by atoms with E-state index in [9.17, 15) is 9.90 Å². The lowest BCUT2D eigenvalue weighted by molar-refractivity contribution is 0.0982. The monoisotopic (exact) mass is 205 g/mol. The number of ketones is 1. The van der Waals surface area contributed by atoms with Crippen molar-refractivity contribution in [3.8, 4) is 5.75 Å². The summed E-state index contributed by atoms with van der Waals surface area (Å²) in [6, 6.07) is 3.67. The van der Waals surface area contributed by atoms with E-state index < -0.39 is 0 Å². The van der Waals surface area contributed by atoms with Crippen molar-refractivity contribution in [2.75, 3.05) is 6.54 Å². The van der Waals surface area contributed by atoms with E-state index in [2.05, 4.69) is 0 Å². The molecule has 3 nitrogen and oxygen atoms in total. The smallest absolute Gasteiger partial charge is 0.167 e. The number of carbonyl (C=O) groups is 1. The minimum Gasteiger partial charge on any atom is -0.507 e. The zero-order chi connectivity index (χ0) is 10.8. The number of fused-ring (bicyclic) bond motifs is 1. The molecule has 1 aliphatic carbocycles. The van der Waals surface area contributed by atoms with Gasteiger partial charge in [-0.1, -0.05) is 6.07 Å². The zero-order valence-corrected chi connectivity index (χ0v) is 8.62. The molecule has 0 aromatic heterocycles. The Morgan fingerprint density at radius 1 is 1.40 bits per heavy atom. The van der Waals surface area contributed by atoms with E-state index in [0.717, 1.165) is 24.8 Å². The summed E-state index contributed by atoms with van der Waals surface area (Å²) >= 11 is 0. The van der Waals surface area contributed by atoms with Crippen LogP contribution >= 0.6 is 0 Å². The van der Waals surface area contributed by atoms with Gasteiger partial charge in [0.1, 0.15) is 5.75 Å². The van der Waals surface area contributed by atoms with E-state index in [4.69, 9.17) is 5.73 Å². The molecule has 1 aromatic carbocycles. The van der Waals surface area contributed by atoms with Gasteiger partial charge in [-0.2, -0.15) is 0 Å². The van der Waals surface area contributed by atoms with Crippen molar-refractivity contribution in [2.24, 2.45) is 5.73 Å². The molecule has 0 unspecified atom stereocenters. The van der Waals surface area contributed by atoms with E-state index in [1.54, 1.807) is 6.07 Å². The number of hydrogen-bond donors (Lipinski definition) is 2. The highest BCUT2D eigenvalue weighted by atomic mass is 16.3. The number of nitrogens with two attached hydrogens (primary N) is 1. The largest absolute Gasteiger partial charge is 0.507 e. The minimum atomic E-state index is -0.0651. The predicted molar refractivity (Wildman–Crippen MR) is 58.1 cm³/mol. The lowest BCUT2D eigenvalue weighted by Crippen LogP contribution is -2.08. The molecule has 3 N–H and O–H groups in total. The molecule has 0 fully saturated rings. The van der Waals surface area contributed by atoms with Crippen molar-refractivity contribution < 1.29 is 9.90 Å². The standard InChI is InChI=1S/C12H15NO2/c13-7-6-11(14)10-5-4-8-2-1-3-9(8)12(10)15/h4-5,15H,1-3,6-7,13H2. The highest BCUT2D eigenvalue weighted by molar-refractivity contribution is 5.99. The predicted octanol–water partition coefficient (Wildman–Crippen LogP) is 1.41. The first-order chi connectivity index (χ1) is 7.24. The number of benzene rings is 1. The van der Waals surface area contributed by atoms with Gasteiger partial charge in [-0.05, 0) is 43.0 Å². The summed E-state index contributed by atoms with van der Waals surface area (Å²) in [5, 5.41) is 9.95. The SMILES string of the molecule is NCCC(=O)c1ccc2c(c1O)CCC2. The molecule has 0 saturated carbocycles. The lowest BCUT2D eigenvalue weighted by atomic mass is 10.0. The molecule has 0 spiro atoms. The Morgan fingerprint density at radius 2 is 2.20 bits per heavy atom. The fraction of sp³-hybridized carbons (Fsp3) is 0.417. The number of phenolic OH excluding ortho intramolecular Hbond substituents is 1. The van der Waals surface area contributed by atoms with Crippen molar-refractivity contribution in [1.29, 1.82) is 0 Å². The third-order valence-corrected chi connectivity index (χ3v) is 2.92. The van der Waals surface area contributed by atoms with E-state index in [1.807, 2.05) is 6.07 Å². The van der Waals surface area contributed by atoms with Gasteiger partial charge in [-0.3, -0.25) is 4.79 Å². The van der Waals surface area contributed by atoms with Crippen molar-refractivity contribution in [3.63, 3.8) is 0 Å². The molecule has 0 heterocycles. The molecule has 0 amide bonds. The Bertz CT molecular complexity index is 399. The van der Waals surface area contributed by atoms with Crippen LogP contribution in [-0.4, -0.2) is 17.4 Å². The van der Waals surface area contributed by atoms with Crippen LogP contribution in [0.5, 0.6) is 5.75 Å². The molecule has 2 rings (SSSR count). The maximum atomic E-state index is 11.6. The van der Waals surface area contributed by atoms with Crippen molar-refractivity contribution in [1.82, 2.24) is 0 Å². The molecular formula is C12H15NO2. The van der Waals surface area contributed by atoms with Gasteiger partial charge in [0.05, 0.1) is 5.56 Å². The number of phenols is 1. The molecule has 0 aliphatic heterocycles.